The van der Waals surface area contributed by atoms with Crippen molar-refractivity contribution >= 4 is 22.9 Å². The maximum atomic E-state index is 5.78. The van der Waals surface area contributed by atoms with Crippen molar-refractivity contribution in [2.45, 2.75) is 5.88 Å². The van der Waals surface area contributed by atoms with E-state index in [1.165, 1.54) is 16.7 Å². The van der Waals surface area contributed by atoms with Gasteiger partial charge in [-0.1, -0.05) is 54.6 Å². The molecule has 1 nitrogen and oxygen atoms in total. The van der Waals surface area contributed by atoms with Gasteiger partial charge in [0.05, 0.1) is 10.8 Å². The number of rotatable bonds is 3. The maximum absolute atomic E-state index is 5.78. The number of benzene rings is 2. The summed E-state index contributed by atoms with van der Waals surface area (Å²) in [5.74, 6) is 0.479. The van der Waals surface area contributed by atoms with Crippen molar-refractivity contribution in [3.05, 3.63) is 65.8 Å². The van der Waals surface area contributed by atoms with E-state index in [1.807, 2.05) is 12.3 Å². The lowest BCUT2D eigenvalue weighted by Crippen LogP contribution is -1.77. The molecule has 0 fully saturated rings. The van der Waals surface area contributed by atoms with E-state index in [0.29, 0.717) is 5.88 Å². The smallest absolute Gasteiger partial charge is 0.108 e. The van der Waals surface area contributed by atoms with Crippen LogP contribution in [0.2, 0.25) is 0 Å². The molecule has 3 rings (SSSR count). The first-order valence-corrected chi connectivity index (χ1v) is 7.38. The van der Waals surface area contributed by atoms with Crippen molar-refractivity contribution in [3.63, 3.8) is 0 Å². The molecule has 0 saturated heterocycles. The molecule has 3 aromatic rings. The molecule has 0 unspecified atom stereocenters. The standard InChI is InChI=1S/C16H12ClNS/c17-10-16-18-11-15(19-16)14-8-6-13(7-9-14)12-4-2-1-3-5-12/h1-9,11H,10H2. The zero-order valence-electron chi connectivity index (χ0n) is 10.2. The summed E-state index contributed by atoms with van der Waals surface area (Å²) in [5.41, 5.74) is 3.65. The third-order valence-corrected chi connectivity index (χ3v) is 4.40. The van der Waals surface area contributed by atoms with E-state index >= 15 is 0 Å². The lowest BCUT2D eigenvalue weighted by Gasteiger charge is -2.02. The van der Waals surface area contributed by atoms with E-state index in [4.69, 9.17) is 11.6 Å². The van der Waals surface area contributed by atoms with Crippen LogP contribution in [-0.2, 0) is 5.88 Å². The first-order valence-electron chi connectivity index (χ1n) is 6.03. The fourth-order valence-corrected chi connectivity index (χ4v) is 2.97. The van der Waals surface area contributed by atoms with Crippen molar-refractivity contribution in [3.8, 4) is 21.6 Å². The van der Waals surface area contributed by atoms with Gasteiger partial charge in [0.1, 0.15) is 5.01 Å². The molecule has 0 spiro atoms. The first kappa shape index (κ1) is 12.4. The third kappa shape index (κ3) is 2.70. The Labute approximate surface area is 121 Å². The normalized spacial score (nSPS) is 10.6. The molecule has 0 aliphatic heterocycles. The summed E-state index contributed by atoms with van der Waals surface area (Å²) >= 11 is 7.43. The molecular formula is C16H12ClNS. The van der Waals surface area contributed by atoms with E-state index in [2.05, 4.69) is 53.5 Å². The van der Waals surface area contributed by atoms with Crippen molar-refractivity contribution in [2.75, 3.05) is 0 Å². The number of thiazole rings is 1. The van der Waals surface area contributed by atoms with Crippen LogP contribution in [0.25, 0.3) is 21.6 Å². The molecule has 0 saturated carbocycles. The van der Waals surface area contributed by atoms with Crippen LogP contribution in [0.3, 0.4) is 0 Å². The second-order valence-electron chi connectivity index (χ2n) is 4.20. The summed E-state index contributed by atoms with van der Waals surface area (Å²) in [4.78, 5) is 5.44. The first-order chi connectivity index (χ1) is 9.36. The van der Waals surface area contributed by atoms with E-state index in [-0.39, 0.29) is 0 Å². The fraction of sp³-hybridized carbons (Fsp3) is 0.0625. The molecule has 1 heterocycles. The minimum Gasteiger partial charge on any atom is -0.248 e. The van der Waals surface area contributed by atoms with E-state index in [0.717, 1.165) is 9.88 Å². The number of aromatic nitrogens is 1. The highest BCUT2D eigenvalue weighted by Crippen LogP contribution is 2.29. The molecule has 3 heteroatoms. The minimum atomic E-state index is 0.479. The highest BCUT2D eigenvalue weighted by atomic mass is 35.5. The molecule has 94 valence electrons. The predicted octanol–water partition coefficient (Wildman–Crippen LogP) is 5.22. The molecule has 19 heavy (non-hydrogen) atoms. The van der Waals surface area contributed by atoms with Gasteiger partial charge in [0, 0.05) is 6.20 Å². The number of nitrogens with zero attached hydrogens (tertiary/aromatic N) is 1. The fourth-order valence-electron chi connectivity index (χ4n) is 1.96. The Hall–Kier alpha value is -1.64. The molecule has 0 N–H and O–H groups in total. The Morgan fingerprint density at radius 3 is 2.11 bits per heavy atom. The average molecular weight is 286 g/mol. The van der Waals surface area contributed by atoms with Crippen LogP contribution < -0.4 is 0 Å². The van der Waals surface area contributed by atoms with E-state index in [1.54, 1.807) is 11.3 Å². The number of alkyl halides is 1. The van der Waals surface area contributed by atoms with Gasteiger partial charge in [-0.15, -0.1) is 22.9 Å². The highest BCUT2D eigenvalue weighted by molar-refractivity contribution is 7.15. The van der Waals surface area contributed by atoms with Crippen LogP contribution in [-0.4, -0.2) is 4.98 Å². The Morgan fingerprint density at radius 2 is 1.47 bits per heavy atom. The van der Waals surface area contributed by atoms with Gasteiger partial charge in [-0.05, 0) is 16.7 Å². The van der Waals surface area contributed by atoms with Gasteiger partial charge < -0.3 is 0 Å². The van der Waals surface area contributed by atoms with Gasteiger partial charge in [0.2, 0.25) is 0 Å². The summed E-state index contributed by atoms with van der Waals surface area (Å²) < 4.78 is 0. The lowest BCUT2D eigenvalue weighted by molar-refractivity contribution is 1.26. The zero-order valence-corrected chi connectivity index (χ0v) is 11.8. The molecule has 0 aliphatic carbocycles. The molecular weight excluding hydrogens is 274 g/mol. The van der Waals surface area contributed by atoms with Crippen LogP contribution in [0.5, 0.6) is 0 Å². The Kier molecular flexibility index (Phi) is 3.62. The Balaban J connectivity index is 1.90. The summed E-state index contributed by atoms with van der Waals surface area (Å²) in [6.07, 6.45) is 1.89. The van der Waals surface area contributed by atoms with Gasteiger partial charge in [0.25, 0.3) is 0 Å². The minimum absolute atomic E-state index is 0.479. The van der Waals surface area contributed by atoms with Gasteiger partial charge in [0.15, 0.2) is 0 Å². The predicted molar refractivity (Wildman–Crippen MR) is 82.5 cm³/mol. The van der Waals surface area contributed by atoms with Crippen molar-refractivity contribution < 1.29 is 0 Å². The summed E-state index contributed by atoms with van der Waals surface area (Å²) in [7, 11) is 0. The monoisotopic (exact) mass is 285 g/mol. The highest BCUT2D eigenvalue weighted by Gasteiger charge is 2.04. The van der Waals surface area contributed by atoms with Crippen LogP contribution >= 0.6 is 22.9 Å². The molecule has 0 radical (unpaired) electrons. The van der Waals surface area contributed by atoms with Gasteiger partial charge in [-0.25, -0.2) is 4.98 Å². The maximum Gasteiger partial charge on any atom is 0.108 e. The number of halogens is 1. The average Bonchev–Trinajstić information content (AvgIpc) is 2.97. The topological polar surface area (TPSA) is 12.9 Å². The largest absolute Gasteiger partial charge is 0.248 e. The third-order valence-electron chi connectivity index (χ3n) is 2.94. The lowest BCUT2D eigenvalue weighted by atomic mass is 10.0. The zero-order chi connectivity index (χ0) is 13.1. The molecule has 0 atom stereocenters. The van der Waals surface area contributed by atoms with Crippen molar-refractivity contribution in [2.24, 2.45) is 0 Å². The van der Waals surface area contributed by atoms with Gasteiger partial charge in [-0.3, -0.25) is 0 Å². The summed E-state index contributed by atoms with van der Waals surface area (Å²) in [5, 5.41) is 0.962. The summed E-state index contributed by atoms with van der Waals surface area (Å²) in [6.45, 7) is 0. The molecule has 2 aromatic carbocycles. The quantitative estimate of drug-likeness (QED) is 0.602. The Bertz CT molecular complexity index is 659. The molecule has 0 amide bonds. The van der Waals surface area contributed by atoms with Crippen LogP contribution in [0.4, 0.5) is 0 Å². The second-order valence-corrected chi connectivity index (χ2v) is 5.58. The Morgan fingerprint density at radius 1 is 0.842 bits per heavy atom. The molecule has 1 aromatic heterocycles. The van der Waals surface area contributed by atoms with Crippen LogP contribution in [0, 0.1) is 0 Å². The molecule has 0 aliphatic rings. The van der Waals surface area contributed by atoms with Crippen LogP contribution in [0.15, 0.2) is 60.8 Å². The summed E-state index contributed by atoms with van der Waals surface area (Å²) in [6, 6.07) is 18.9. The van der Waals surface area contributed by atoms with Gasteiger partial charge in [-0.2, -0.15) is 0 Å². The van der Waals surface area contributed by atoms with Gasteiger partial charge >= 0.3 is 0 Å². The van der Waals surface area contributed by atoms with Crippen molar-refractivity contribution in [1.29, 1.82) is 0 Å². The number of hydrogen-bond donors (Lipinski definition) is 0. The molecule has 0 bridgehead atoms. The van der Waals surface area contributed by atoms with E-state index < -0.39 is 0 Å². The SMILES string of the molecule is ClCc1ncc(-c2ccc(-c3ccccc3)cc2)s1. The van der Waals surface area contributed by atoms with E-state index in [9.17, 15) is 0 Å². The number of hydrogen-bond acceptors (Lipinski definition) is 2. The van der Waals surface area contributed by atoms with Crippen molar-refractivity contribution in [1.82, 2.24) is 4.98 Å². The van der Waals surface area contributed by atoms with Crippen LogP contribution in [0.1, 0.15) is 5.01 Å². The second kappa shape index (κ2) is 5.55.